The zero-order valence-electron chi connectivity index (χ0n) is 12.5. The maximum atomic E-state index is 12.1. The van der Waals surface area contributed by atoms with E-state index < -0.39 is 0 Å². The molecule has 1 aromatic rings. The van der Waals surface area contributed by atoms with Crippen LogP contribution >= 0.6 is 0 Å². The molecule has 4 heteroatoms. The predicted molar refractivity (Wildman–Crippen MR) is 78.2 cm³/mol. The number of pyridine rings is 1. The molecule has 20 heavy (non-hydrogen) atoms. The Hall–Kier alpha value is -1.58. The Labute approximate surface area is 120 Å². The SMILES string of the molecule is COC(=O)c1c(C)cc(C)nc1N1CCC2(CC1)CC2. The van der Waals surface area contributed by atoms with Crippen molar-refractivity contribution in [3.63, 3.8) is 0 Å². The van der Waals surface area contributed by atoms with Gasteiger partial charge in [0.05, 0.1) is 7.11 Å². The predicted octanol–water partition coefficient (Wildman–Crippen LogP) is 2.87. The van der Waals surface area contributed by atoms with E-state index in [1.54, 1.807) is 0 Å². The largest absolute Gasteiger partial charge is 0.465 e. The van der Waals surface area contributed by atoms with Crippen LogP contribution in [0, 0.1) is 19.3 Å². The smallest absolute Gasteiger partial charge is 0.341 e. The molecule has 4 nitrogen and oxygen atoms in total. The fourth-order valence-corrected chi connectivity index (χ4v) is 3.27. The molecule has 1 aromatic heterocycles. The first kappa shape index (κ1) is 13.4. The second-order valence-corrected chi connectivity index (χ2v) is 6.26. The zero-order valence-corrected chi connectivity index (χ0v) is 12.5. The summed E-state index contributed by atoms with van der Waals surface area (Å²) < 4.78 is 4.94. The molecule has 3 rings (SSSR count). The molecule has 1 spiro atoms. The number of aromatic nitrogens is 1. The van der Waals surface area contributed by atoms with E-state index in [-0.39, 0.29) is 5.97 Å². The molecule has 2 fully saturated rings. The van der Waals surface area contributed by atoms with E-state index in [0.717, 1.165) is 30.2 Å². The van der Waals surface area contributed by atoms with Gasteiger partial charge in [-0.05, 0) is 56.6 Å². The topological polar surface area (TPSA) is 42.4 Å². The van der Waals surface area contributed by atoms with Gasteiger partial charge in [-0.3, -0.25) is 0 Å². The van der Waals surface area contributed by atoms with E-state index in [9.17, 15) is 4.79 Å². The number of aryl methyl sites for hydroxylation is 2. The number of carbonyl (C=O) groups is 1. The van der Waals surface area contributed by atoms with Crippen LogP contribution in [0.25, 0.3) is 0 Å². The van der Waals surface area contributed by atoms with Crippen LogP contribution in [-0.2, 0) is 4.74 Å². The molecule has 2 heterocycles. The van der Waals surface area contributed by atoms with Gasteiger partial charge in [-0.15, -0.1) is 0 Å². The molecule has 0 N–H and O–H groups in total. The van der Waals surface area contributed by atoms with E-state index in [1.807, 2.05) is 19.9 Å². The maximum Gasteiger partial charge on any atom is 0.341 e. The van der Waals surface area contributed by atoms with Gasteiger partial charge in [0.2, 0.25) is 0 Å². The average molecular weight is 274 g/mol. The van der Waals surface area contributed by atoms with Crippen molar-refractivity contribution in [2.24, 2.45) is 5.41 Å². The molecule has 0 amide bonds. The quantitative estimate of drug-likeness (QED) is 0.778. The zero-order chi connectivity index (χ0) is 14.3. The van der Waals surface area contributed by atoms with Crippen molar-refractivity contribution in [3.05, 3.63) is 22.9 Å². The fraction of sp³-hybridized carbons (Fsp3) is 0.625. The second-order valence-electron chi connectivity index (χ2n) is 6.26. The van der Waals surface area contributed by atoms with Gasteiger partial charge in [0.25, 0.3) is 0 Å². The maximum absolute atomic E-state index is 12.1. The molecular formula is C16H22N2O2. The molecule has 0 atom stereocenters. The fourth-order valence-electron chi connectivity index (χ4n) is 3.27. The first-order valence-electron chi connectivity index (χ1n) is 7.36. The summed E-state index contributed by atoms with van der Waals surface area (Å²) in [5.41, 5.74) is 3.16. The van der Waals surface area contributed by atoms with Crippen LogP contribution in [0.4, 0.5) is 5.82 Å². The van der Waals surface area contributed by atoms with Gasteiger partial charge < -0.3 is 9.64 Å². The highest BCUT2D eigenvalue weighted by Crippen LogP contribution is 2.54. The van der Waals surface area contributed by atoms with Gasteiger partial charge in [-0.1, -0.05) is 0 Å². The molecule has 0 aromatic carbocycles. The number of esters is 1. The Kier molecular flexibility index (Phi) is 3.19. The Bertz CT molecular complexity index is 540. The Morgan fingerprint density at radius 1 is 1.25 bits per heavy atom. The number of hydrogen-bond donors (Lipinski definition) is 0. The van der Waals surface area contributed by atoms with Crippen LogP contribution in [0.1, 0.15) is 47.3 Å². The summed E-state index contributed by atoms with van der Waals surface area (Å²) in [7, 11) is 1.43. The number of nitrogens with zero attached hydrogens (tertiary/aromatic N) is 2. The summed E-state index contributed by atoms with van der Waals surface area (Å²) in [5, 5.41) is 0. The Balaban J connectivity index is 1.93. The van der Waals surface area contributed by atoms with Gasteiger partial charge in [-0.2, -0.15) is 0 Å². The van der Waals surface area contributed by atoms with Crippen LogP contribution in [0.3, 0.4) is 0 Å². The van der Waals surface area contributed by atoms with Crippen LogP contribution in [0.2, 0.25) is 0 Å². The van der Waals surface area contributed by atoms with Crippen LogP contribution in [-0.4, -0.2) is 31.2 Å². The van der Waals surface area contributed by atoms with Gasteiger partial charge in [0.1, 0.15) is 11.4 Å². The van der Waals surface area contributed by atoms with Gasteiger partial charge in [-0.25, -0.2) is 9.78 Å². The van der Waals surface area contributed by atoms with E-state index in [1.165, 1.54) is 32.8 Å². The highest BCUT2D eigenvalue weighted by atomic mass is 16.5. The van der Waals surface area contributed by atoms with E-state index in [2.05, 4.69) is 9.88 Å². The number of rotatable bonds is 2. The standard InChI is InChI=1S/C16H22N2O2/c1-11-10-12(2)17-14(13(11)15(19)20-3)18-8-6-16(4-5-16)7-9-18/h10H,4-9H2,1-3H3. The van der Waals surface area contributed by atoms with Crippen LogP contribution in [0.15, 0.2) is 6.07 Å². The highest BCUT2D eigenvalue weighted by Gasteiger charge is 2.45. The first-order valence-corrected chi connectivity index (χ1v) is 7.36. The minimum Gasteiger partial charge on any atom is -0.465 e. The van der Waals surface area contributed by atoms with Crippen molar-refractivity contribution in [1.82, 2.24) is 4.98 Å². The number of ether oxygens (including phenoxy) is 1. The normalized spacial score (nSPS) is 20.1. The van der Waals surface area contributed by atoms with Gasteiger partial charge >= 0.3 is 5.97 Å². The number of methoxy groups -OCH3 is 1. The van der Waals surface area contributed by atoms with Crippen molar-refractivity contribution in [1.29, 1.82) is 0 Å². The second kappa shape index (κ2) is 4.76. The lowest BCUT2D eigenvalue weighted by atomic mass is 9.93. The van der Waals surface area contributed by atoms with E-state index in [4.69, 9.17) is 4.74 Å². The number of hydrogen-bond acceptors (Lipinski definition) is 4. The van der Waals surface area contributed by atoms with Crippen molar-refractivity contribution < 1.29 is 9.53 Å². The average Bonchev–Trinajstić information content (AvgIpc) is 3.17. The summed E-state index contributed by atoms with van der Waals surface area (Å²) in [5.74, 6) is 0.529. The lowest BCUT2D eigenvalue weighted by Crippen LogP contribution is -2.36. The summed E-state index contributed by atoms with van der Waals surface area (Å²) in [4.78, 5) is 18.9. The van der Waals surface area contributed by atoms with Gasteiger partial charge in [0.15, 0.2) is 0 Å². The Morgan fingerprint density at radius 2 is 1.90 bits per heavy atom. The highest BCUT2D eigenvalue weighted by molar-refractivity contribution is 5.96. The molecule has 1 aliphatic carbocycles. The van der Waals surface area contributed by atoms with Crippen molar-refractivity contribution in [2.75, 3.05) is 25.1 Å². The van der Waals surface area contributed by atoms with Crippen LogP contribution < -0.4 is 4.90 Å². The molecule has 1 saturated heterocycles. The molecule has 1 aliphatic heterocycles. The lowest BCUT2D eigenvalue weighted by molar-refractivity contribution is 0.0600. The summed E-state index contributed by atoms with van der Waals surface area (Å²) in [6.45, 7) is 5.93. The third-order valence-electron chi connectivity index (χ3n) is 4.80. The molecule has 2 aliphatic rings. The molecule has 108 valence electrons. The molecule has 0 bridgehead atoms. The summed E-state index contributed by atoms with van der Waals surface area (Å²) in [6, 6.07) is 1.95. The minimum absolute atomic E-state index is 0.281. The minimum atomic E-state index is -0.281. The first-order chi connectivity index (χ1) is 9.54. The molecule has 0 radical (unpaired) electrons. The van der Waals surface area contributed by atoms with Crippen molar-refractivity contribution >= 4 is 11.8 Å². The monoisotopic (exact) mass is 274 g/mol. The van der Waals surface area contributed by atoms with Crippen molar-refractivity contribution in [2.45, 2.75) is 39.5 Å². The molecule has 1 saturated carbocycles. The molecule has 0 unspecified atom stereocenters. The Morgan fingerprint density at radius 3 is 2.45 bits per heavy atom. The van der Waals surface area contributed by atoms with Gasteiger partial charge in [0, 0.05) is 18.8 Å². The number of carbonyl (C=O) groups excluding carboxylic acids is 1. The number of piperidine rings is 1. The number of anilines is 1. The molecular weight excluding hydrogens is 252 g/mol. The van der Waals surface area contributed by atoms with Crippen LogP contribution in [0.5, 0.6) is 0 Å². The summed E-state index contributed by atoms with van der Waals surface area (Å²) in [6.07, 6.45) is 5.21. The third-order valence-corrected chi connectivity index (χ3v) is 4.80. The van der Waals surface area contributed by atoms with Crippen molar-refractivity contribution in [3.8, 4) is 0 Å². The summed E-state index contributed by atoms with van der Waals surface area (Å²) >= 11 is 0. The van der Waals surface area contributed by atoms with E-state index >= 15 is 0 Å². The lowest BCUT2D eigenvalue weighted by Gasteiger charge is -2.34. The van der Waals surface area contributed by atoms with E-state index in [0.29, 0.717) is 11.0 Å². The third kappa shape index (κ3) is 2.28.